The highest BCUT2D eigenvalue weighted by molar-refractivity contribution is 5.14. The lowest BCUT2D eigenvalue weighted by Gasteiger charge is -2.24. The lowest BCUT2D eigenvalue weighted by Crippen LogP contribution is -2.16. The SMILES string of the molecule is [2H][13C]([2H])=C(C)[C@@H]1CC=C(C2OCCO2)CC1. The van der Waals surface area contributed by atoms with Gasteiger partial charge in [-0.1, -0.05) is 18.2 Å². The Balaban J connectivity index is 1.96. The zero-order valence-electron chi connectivity index (χ0n) is 10.6. The van der Waals surface area contributed by atoms with Crippen LogP contribution in [0.15, 0.2) is 23.8 Å². The number of hydrogen-bond donors (Lipinski definition) is 0. The Hall–Kier alpha value is -0.600. The van der Waals surface area contributed by atoms with Crippen LogP contribution >= 0.6 is 0 Å². The van der Waals surface area contributed by atoms with E-state index in [0.717, 1.165) is 24.8 Å². The zero-order valence-corrected chi connectivity index (χ0v) is 8.58. The minimum atomic E-state index is -0.128. The molecule has 1 atom stereocenters. The van der Waals surface area contributed by atoms with Crippen molar-refractivity contribution in [1.82, 2.24) is 0 Å². The van der Waals surface area contributed by atoms with Crippen LogP contribution in [-0.4, -0.2) is 19.5 Å². The highest BCUT2D eigenvalue weighted by Gasteiger charge is 2.24. The third kappa shape index (κ3) is 2.07. The van der Waals surface area contributed by atoms with Crippen molar-refractivity contribution < 1.29 is 12.2 Å². The minimum Gasteiger partial charge on any atom is -0.346 e. The second kappa shape index (κ2) is 4.28. The molecule has 0 radical (unpaired) electrons. The molecule has 0 amide bonds. The summed E-state index contributed by atoms with van der Waals surface area (Å²) in [7, 11) is 0. The van der Waals surface area contributed by atoms with E-state index in [9.17, 15) is 0 Å². The Labute approximate surface area is 88.4 Å². The van der Waals surface area contributed by atoms with Crippen molar-refractivity contribution in [2.75, 3.05) is 13.2 Å². The van der Waals surface area contributed by atoms with Gasteiger partial charge in [0.1, 0.15) is 0 Å². The molecule has 0 saturated carbocycles. The second-order valence-electron chi connectivity index (χ2n) is 4.01. The third-order valence-corrected chi connectivity index (χ3v) is 2.98. The van der Waals surface area contributed by atoms with Crippen LogP contribution < -0.4 is 0 Å². The minimum absolute atomic E-state index is 0.0322. The van der Waals surface area contributed by atoms with Crippen molar-refractivity contribution in [3.8, 4) is 0 Å². The van der Waals surface area contributed by atoms with Crippen molar-refractivity contribution in [2.24, 2.45) is 5.92 Å². The molecule has 0 N–H and O–H groups in total. The molecule has 14 heavy (non-hydrogen) atoms. The first-order valence-corrected chi connectivity index (χ1v) is 5.24. The molecule has 0 unspecified atom stereocenters. The number of allylic oxidation sites excluding steroid dienone is 2. The van der Waals surface area contributed by atoms with E-state index in [-0.39, 0.29) is 12.8 Å². The smallest absolute Gasteiger partial charge is 0.179 e. The summed E-state index contributed by atoms with van der Waals surface area (Å²) in [5.74, 6) is 0.357. The van der Waals surface area contributed by atoms with Gasteiger partial charge < -0.3 is 9.47 Å². The molecule has 0 aromatic heterocycles. The summed E-state index contributed by atoms with van der Waals surface area (Å²) in [6.07, 6.45) is 4.90. The van der Waals surface area contributed by atoms with Gasteiger partial charge in [0.2, 0.25) is 0 Å². The molecule has 1 aliphatic heterocycles. The third-order valence-electron chi connectivity index (χ3n) is 2.98. The number of rotatable bonds is 2. The van der Waals surface area contributed by atoms with Crippen molar-refractivity contribution in [2.45, 2.75) is 32.5 Å². The van der Waals surface area contributed by atoms with Gasteiger partial charge in [-0.15, -0.1) is 0 Å². The summed E-state index contributed by atoms with van der Waals surface area (Å²) in [6, 6.07) is 0. The van der Waals surface area contributed by atoms with Gasteiger partial charge in [-0.2, -0.15) is 0 Å². The molecule has 2 aliphatic rings. The maximum absolute atomic E-state index is 7.31. The molecular formula is C12H18O2. The molecule has 2 heteroatoms. The van der Waals surface area contributed by atoms with E-state index in [1.54, 1.807) is 0 Å². The zero-order chi connectivity index (χ0) is 11.5. The van der Waals surface area contributed by atoms with Gasteiger partial charge in [0, 0.05) is 0 Å². The van der Waals surface area contributed by atoms with Crippen molar-refractivity contribution >= 4 is 0 Å². The van der Waals surface area contributed by atoms with Gasteiger partial charge >= 0.3 is 0 Å². The summed E-state index contributed by atoms with van der Waals surface area (Å²) < 4.78 is 25.5. The highest BCUT2D eigenvalue weighted by atomic mass is 16.7. The molecule has 0 bridgehead atoms. The fourth-order valence-corrected chi connectivity index (χ4v) is 2.03. The standard InChI is InChI=1S/C12H18O2/c1-9(2)10-3-5-11(6-4-10)12-13-7-8-14-12/h5,10,12H,1,3-4,6-8H2,2H3/t10-/m1/s1/i1+1D2. The molecule has 0 spiro atoms. The summed E-state index contributed by atoms with van der Waals surface area (Å²) in [4.78, 5) is 0. The van der Waals surface area contributed by atoms with Crippen LogP contribution in [0.4, 0.5) is 0 Å². The van der Waals surface area contributed by atoms with Crippen LogP contribution in [-0.2, 0) is 9.47 Å². The molecule has 1 saturated heterocycles. The van der Waals surface area contributed by atoms with Crippen LogP contribution in [0.3, 0.4) is 0 Å². The van der Waals surface area contributed by atoms with Crippen molar-refractivity contribution in [3.63, 3.8) is 0 Å². The molecule has 0 aromatic rings. The van der Waals surface area contributed by atoms with E-state index in [1.807, 2.05) is 6.92 Å². The maximum atomic E-state index is 7.31. The Kier molecular flexibility index (Phi) is 2.34. The predicted molar refractivity (Wildman–Crippen MR) is 55.9 cm³/mol. The average molecular weight is 197 g/mol. The Bertz CT molecular complexity index is 313. The molecule has 2 nitrogen and oxygen atoms in total. The van der Waals surface area contributed by atoms with Crippen LogP contribution in [0.25, 0.3) is 0 Å². The van der Waals surface area contributed by atoms with Crippen molar-refractivity contribution in [3.05, 3.63) is 23.8 Å². The summed E-state index contributed by atoms with van der Waals surface area (Å²) >= 11 is 0. The lowest BCUT2D eigenvalue weighted by molar-refractivity contribution is -0.0149. The number of hydrogen-bond acceptors (Lipinski definition) is 2. The first kappa shape index (κ1) is 7.66. The summed E-state index contributed by atoms with van der Waals surface area (Å²) in [6.45, 7) is 3.23. The first-order chi connectivity index (χ1) is 7.68. The normalized spacial score (nSPS) is 30.6. The topological polar surface area (TPSA) is 18.5 Å². The van der Waals surface area contributed by atoms with Gasteiger partial charge in [0.25, 0.3) is 0 Å². The predicted octanol–water partition coefficient (Wildman–Crippen LogP) is 2.66. The van der Waals surface area contributed by atoms with E-state index in [1.165, 1.54) is 5.57 Å². The Morgan fingerprint density at radius 3 is 2.93 bits per heavy atom. The van der Waals surface area contributed by atoms with Gasteiger partial charge in [-0.05, 0) is 37.7 Å². The molecule has 1 heterocycles. The van der Waals surface area contributed by atoms with Gasteiger partial charge in [0.15, 0.2) is 6.29 Å². The largest absolute Gasteiger partial charge is 0.346 e. The Morgan fingerprint density at radius 2 is 2.36 bits per heavy atom. The highest BCUT2D eigenvalue weighted by Crippen LogP contribution is 2.31. The molecular weight excluding hydrogens is 177 g/mol. The van der Waals surface area contributed by atoms with E-state index in [2.05, 4.69) is 6.08 Å². The van der Waals surface area contributed by atoms with Gasteiger partial charge in [0.05, 0.1) is 16.0 Å². The lowest BCUT2D eigenvalue weighted by atomic mass is 9.86. The fraction of sp³-hybridized carbons (Fsp3) is 0.667. The quantitative estimate of drug-likeness (QED) is 0.500. The van der Waals surface area contributed by atoms with Crippen LogP contribution in [0.1, 0.15) is 28.9 Å². The number of ether oxygens (including phenoxy) is 2. The van der Waals surface area contributed by atoms with Gasteiger partial charge in [-0.25, -0.2) is 0 Å². The molecule has 1 fully saturated rings. The molecule has 1 aliphatic carbocycles. The molecule has 2 rings (SSSR count). The first-order valence-electron chi connectivity index (χ1n) is 6.24. The summed E-state index contributed by atoms with van der Waals surface area (Å²) in [5.41, 5.74) is 2.13. The van der Waals surface area contributed by atoms with E-state index in [0.29, 0.717) is 19.1 Å². The maximum Gasteiger partial charge on any atom is 0.179 e. The van der Waals surface area contributed by atoms with E-state index < -0.39 is 0 Å². The van der Waals surface area contributed by atoms with E-state index >= 15 is 0 Å². The van der Waals surface area contributed by atoms with Crippen molar-refractivity contribution in [1.29, 1.82) is 0 Å². The fourth-order valence-electron chi connectivity index (χ4n) is 2.03. The average Bonchev–Trinajstić information content (AvgIpc) is 2.81. The van der Waals surface area contributed by atoms with E-state index in [4.69, 9.17) is 12.2 Å². The van der Waals surface area contributed by atoms with Gasteiger partial charge in [-0.3, -0.25) is 0 Å². The second-order valence-corrected chi connectivity index (χ2v) is 4.01. The molecule has 78 valence electrons. The van der Waals surface area contributed by atoms with Crippen LogP contribution in [0, 0.1) is 5.92 Å². The van der Waals surface area contributed by atoms with Crippen LogP contribution in [0.2, 0.25) is 0 Å². The van der Waals surface area contributed by atoms with Crippen LogP contribution in [0.5, 0.6) is 0 Å². The molecule has 0 aromatic carbocycles. The summed E-state index contributed by atoms with van der Waals surface area (Å²) in [5, 5.41) is 0. The monoisotopic (exact) mass is 197 g/mol. The Morgan fingerprint density at radius 1 is 1.57 bits per heavy atom.